The lowest BCUT2D eigenvalue weighted by molar-refractivity contribution is -0.417. The summed E-state index contributed by atoms with van der Waals surface area (Å²) in [6.45, 7) is 12.6. The summed E-state index contributed by atoms with van der Waals surface area (Å²) in [6.07, 6.45) is -41.5. The van der Waals surface area contributed by atoms with Crippen molar-refractivity contribution in [1.29, 1.82) is 0 Å². The Bertz CT molecular complexity index is 3560. The second-order valence-corrected chi connectivity index (χ2v) is 30.4. The normalized spacial score (nSPS) is 46.1. The molecular formula is C69H97Cl2NO38. The van der Waals surface area contributed by atoms with Crippen molar-refractivity contribution >= 4 is 35.1 Å². The minimum Gasteiger partial charge on any atom is -0.508 e. The fourth-order valence-electron chi connectivity index (χ4n) is 16.6. The number of rotatable bonds is 20. The van der Waals surface area contributed by atoms with Gasteiger partial charge in [0.05, 0.1) is 75.0 Å². The molecule has 35 atom stereocenters. The van der Waals surface area contributed by atoms with E-state index in [-0.39, 0.29) is 88.5 Å². The molecule has 11 N–H and O–H groups in total. The predicted octanol–water partition coefficient (Wildman–Crippen LogP) is 0.412. The average molecular weight is 1620 g/mol. The van der Waals surface area contributed by atoms with Crippen molar-refractivity contribution in [1.82, 2.24) is 5.23 Å². The summed E-state index contributed by atoms with van der Waals surface area (Å²) in [6, 6.07) is 2.28. The third-order valence-electron chi connectivity index (χ3n) is 22.3. The first kappa shape index (κ1) is 83.9. The number of aliphatic hydroxyl groups is 6. The molecular weight excluding hydrogens is 1520 g/mol. The molecule has 0 radical (unpaired) electrons. The maximum atomic E-state index is 14.2. The molecule has 11 aliphatic rings. The molecule has 11 fully saturated rings. The number of esters is 2. The van der Waals surface area contributed by atoms with Crippen LogP contribution in [0, 0.1) is 13.8 Å². The summed E-state index contributed by atoms with van der Waals surface area (Å²) in [5.74, 6) is -7.54. The zero-order valence-electron chi connectivity index (χ0n) is 62.1. The smallest absolute Gasteiger partial charge is 0.342 e. The lowest BCUT2D eigenvalue weighted by Gasteiger charge is -2.50. The molecule has 0 bridgehead atoms. The maximum absolute atomic E-state index is 14.2. The van der Waals surface area contributed by atoms with Crippen molar-refractivity contribution in [3.8, 4) is 23.0 Å². The van der Waals surface area contributed by atoms with Crippen LogP contribution in [0.1, 0.15) is 99.6 Å². The molecule has 2 spiro atoms. The van der Waals surface area contributed by atoms with E-state index < -0.39 is 243 Å². The number of aliphatic hydroxyl groups excluding tert-OH is 6. The van der Waals surface area contributed by atoms with E-state index in [1.165, 1.54) is 69.1 Å². The standard InChI is InChI=1S/C69H97Cl2NO38/c1-23-14-30(73)15-31(74)39(23)60(82)99-35-21-93-69(59-52(35)91-22-92-59)107-36-20-90-62(45(78)51(36)108-69)105-64-55(89-13)44(77)50(34(100-64)19-86-10)103-63-46(79)54(49(87-11)26(4)96-63)104-65-57(81)67(9)58(29(7)97-65)109-68(110-67)17-32(75)47(27(5)106-68)101-37-16-33(98-38-18-66(8,72(84)85)56(80)28(6)95-38)48(25(3)94-37)102-61(83)40-24(2)41(70)43(76)42(71)53(40)88-12/h14-15,25-29,32-38,44-52,54-59,62-65,73-81,84-85H,16-22H2,1-13H3/t25-,26-,27-,28+,29-,32-,33-,34-,35-,36+,37+,38+,44+,45-,46-,47-,48-,49+,50-,51-,52+,54-,55+,56+,57-,58-,59-,62+,63+,64+,65+,66+,67-,68-,69-/m1/s1. The Balaban J connectivity index is 0.643. The van der Waals surface area contributed by atoms with Gasteiger partial charge in [0.1, 0.15) is 143 Å². The zero-order chi connectivity index (χ0) is 79.4. The number of aromatic hydroxyl groups is 3. The van der Waals surface area contributed by atoms with Crippen LogP contribution in [0.3, 0.4) is 0 Å². The molecule has 110 heavy (non-hydrogen) atoms. The second-order valence-electron chi connectivity index (χ2n) is 29.7. The van der Waals surface area contributed by atoms with Gasteiger partial charge in [0, 0.05) is 40.2 Å². The van der Waals surface area contributed by atoms with Crippen LogP contribution in [0.25, 0.3) is 0 Å². The summed E-state index contributed by atoms with van der Waals surface area (Å²) in [7, 11) is 5.19. The number of methoxy groups -OCH3 is 4. The number of hydrogen-bond donors (Lipinski definition) is 11. The zero-order valence-corrected chi connectivity index (χ0v) is 63.7. The molecule has 0 aromatic heterocycles. The van der Waals surface area contributed by atoms with Gasteiger partial charge in [-0.2, -0.15) is 0 Å². The van der Waals surface area contributed by atoms with E-state index in [9.17, 15) is 66.0 Å². The fraction of sp³-hybridized carbons (Fsp3) is 0.797. The highest BCUT2D eigenvalue weighted by molar-refractivity contribution is 6.39. The number of halogens is 2. The topological polar surface area (TPSA) is 491 Å². The summed E-state index contributed by atoms with van der Waals surface area (Å²) >= 11 is 12.8. The summed E-state index contributed by atoms with van der Waals surface area (Å²) in [5.41, 5.74) is -3.55. The number of ether oxygens (including phenoxy) is 25. The minimum atomic E-state index is -2.06. The Hall–Kier alpha value is -4.08. The average Bonchev–Trinajstić information content (AvgIpc) is 1.56. The Kier molecular flexibility index (Phi) is 25.0. The van der Waals surface area contributed by atoms with Crippen LogP contribution >= 0.6 is 23.2 Å². The van der Waals surface area contributed by atoms with E-state index in [1.54, 1.807) is 27.7 Å². The van der Waals surface area contributed by atoms with Crippen molar-refractivity contribution in [2.75, 3.05) is 55.1 Å². The Morgan fingerprint density at radius 1 is 0.591 bits per heavy atom. The molecule has 2 aromatic carbocycles. The highest BCUT2D eigenvalue weighted by atomic mass is 35.5. The summed E-state index contributed by atoms with van der Waals surface area (Å²) in [4.78, 5) is 27.6. The lowest BCUT2D eigenvalue weighted by atomic mass is 9.85. The number of carbonyl (C=O) groups excluding carboxylic acids is 2. The molecule has 620 valence electrons. The Morgan fingerprint density at radius 2 is 1.28 bits per heavy atom. The number of nitrogens with zero attached hydrogens (tertiary/aromatic N) is 1. The molecule has 0 aliphatic carbocycles. The first-order chi connectivity index (χ1) is 52.0. The van der Waals surface area contributed by atoms with E-state index >= 15 is 0 Å². The third-order valence-corrected chi connectivity index (χ3v) is 23.1. The highest BCUT2D eigenvalue weighted by Gasteiger charge is 2.70. The maximum Gasteiger partial charge on any atom is 0.342 e. The largest absolute Gasteiger partial charge is 0.508 e. The minimum absolute atomic E-state index is 0.0685. The van der Waals surface area contributed by atoms with Crippen molar-refractivity contribution in [3.63, 3.8) is 0 Å². The highest BCUT2D eigenvalue weighted by Crippen LogP contribution is 2.53. The molecule has 11 saturated heterocycles. The van der Waals surface area contributed by atoms with Crippen LogP contribution in [0.5, 0.6) is 23.0 Å². The van der Waals surface area contributed by atoms with Gasteiger partial charge < -0.3 is 164 Å². The number of fused-ring (bicyclic) bond motifs is 4. The van der Waals surface area contributed by atoms with Crippen LogP contribution < -0.4 is 4.74 Å². The number of hydrogen-bond acceptors (Lipinski definition) is 39. The molecule has 39 nitrogen and oxygen atoms in total. The number of phenols is 3. The van der Waals surface area contributed by atoms with Gasteiger partial charge >= 0.3 is 17.9 Å². The quantitative estimate of drug-likeness (QED) is 0.0632. The van der Waals surface area contributed by atoms with Gasteiger partial charge in [0.2, 0.25) is 0 Å². The van der Waals surface area contributed by atoms with E-state index in [1.807, 2.05) is 0 Å². The molecule has 2 aromatic rings. The van der Waals surface area contributed by atoms with E-state index in [0.717, 1.165) is 6.07 Å². The molecule has 0 amide bonds. The molecule has 11 heterocycles. The molecule has 11 aliphatic heterocycles. The van der Waals surface area contributed by atoms with Crippen LogP contribution in [0.2, 0.25) is 10.0 Å². The number of hydroxylamine groups is 2. The van der Waals surface area contributed by atoms with Crippen molar-refractivity contribution < 1.29 is 184 Å². The van der Waals surface area contributed by atoms with Gasteiger partial charge in [0.25, 0.3) is 5.97 Å². The molecule has 13 rings (SSSR count). The monoisotopic (exact) mass is 1620 g/mol. The van der Waals surface area contributed by atoms with Gasteiger partial charge in [0.15, 0.2) is 67.6 Å². The number of phenolic OH excluding ortho intramolecular Hbond substituents is 3. The molecule has 0 unspecified atom stereocenters. The summed E-state index contributed by atoms with van der Waals surface area (Å²) in [5, 5.41) is 123. The first-order valence-corrected chi connectivity index (χ1v) is 36.7. The number of carbonyl (C=O) groups is 2. The number of benzene rings is 2. The van der Waals surface area contributed by atoms with Crippen molar-refractivity contribution in [2.24, 2.45) is 0 Å². The van der Waals surface area contributed by atoms with Gasteiger partial charge in [-0.05, 0) is 79.5 Å². The van der Waals surface area contributed by atoms with Gasteiger partial charge in [-0.15, -0.1) is 0 Å². The van der Waals surface area contributed by atoms with Crippen LogP contribution in [0.4, 0.5) is 0 Å². The fourth-order valence-corrected chi connectivity index (χ4v) is 17.1. The second kappa shape index (κ2) is 32.8. The first-order valence-electron chi connectivity index (χ1n) is 36.0. The van der Waals surface area contributed by atoms with Gasteiger partial charge in [-0.25, -0.2) is 9.59 Å². The van der Waals surface area contributed by atoms with E-state index in [2.05, 4.69) is 0 Å². The van der Waals surface area contributed by atoms with Gasteiger partial charge in [-0.3, -0.25) is 10.4 Å². The van der Waals surface area contributed by atoms with Crippen molar-refractivity contribution in [2.45, 2.75) is 295 Å². The Morgan fingerprint density at radius 3 is 1.96 bits per heavy atom. The van der Waals surface area contributed by atoms with Crippen LogP contribution in [-0.2, 0) is 114 Å². The SMILES string of the molecule is COC[C@H]1O[C@@H](O[C@@H]2OC[C@@H]3O[C@@]4(OC[C@@H](OC(=O)c5c(C)cc(O)cc5O)[C@@H]5OCO[C@H]54)O[C@H]3[C@H]2O)[C@@H](OC)[C@@H](O)[C@@H]1O[C@@H]1O[C@H](C)[C@H](OC)[C@H](O[C@@H]2O[C@H](C)[C@H]3O[C@]4(C[C@@H](O)[C@H](O[C@H]5C[C@@H](O[C@H]6C[C@](C)(N(O)O)[C@@H](O)[C@H](C)O6)[C@H](OC(=O)c6c(C)c(Cl)c(O)c(Cl)c6OC)[C@@H](C)O5)[C@@H](C)O4)O[C@]3(C)[C@@H]2O)[C@H]1O. The van der Waals surface area contributed by atoms with E-state index in [4.69, 9.17) is 142 Å². The van der Waals surface area contributed by atoms with E-state index in [0.29, 0.717) is 0 Å². The predicted molar refractivity (Wildman–Crippen MR) is 357 cm³/mol. The molecule has 0 saturated carbocycles. The number of aryl methyl sites for hydroxylation is 1. The van der Waals surface area contributed by atoms with Gasteiger partial charge in [-0.1, -0.05) is 28.4 Å². The summed E-state index contributed by atoms with van der Waals surface area (Å²) < 4.78 is 154. The molecule has 41 heteroatoms. The van der Waals surface area contributed by atoms with Crippen LogP contribution in [0.15, 0.2) is 12.1 Å². The van der Waals surface area contributed by atoms with Crippen LogP contribution in [-0.4, -0.2) is 342 Å². The lowest BCUT2D eigenvalue weighted by Crippen LogP contribution is -2.68. The van der Waals surface area contributed by atoms with Crippen molar-refractivity contribution in [3.05, 3.63) is 44.4 Å². The Labute approximate surface area is 639 Å². The third kappa shape index (κ3) is 15.3.